The molecule has 1 amide bonds. The highest BCUT2D eigenvalue weighted by Gasteiger charge is 2.37. The zero-order chi connectivity index (χ0) is 33.5. The number of aromatic nitrogens is 3. The molecule has 4 aromatic rings. The van der Waals surface area contributed by atoms with Gasteiger partial charge in [0.15, 0.2) is 5.82 Å². The van der Waals surface area contributed by atoms with E-state index in [1.54, 1.807) is 49.9 Å². The molecule has 0 N–H and O–H groups in total. The molecule has 2 aliphatic heterocycles. The van der Waals surface area contributed by atoms with E-state index in [0.717, 1.165) is 19.5 Å². The van der Waals surface area contributed by atoms with Gasteiger partial charge < -0.3 is 24.1 Å². The van der Waals surface area contributed by atoms with Crippen LogP contribution < -0.4 is 9.64 Å². The molecule has 246 valence electrons. The maximum Gasteiger partial charge on any atom is 0.410 e. The Morgan fingerprint density at radius 2 is 1.94 bits per heavy atom. The van der Waals surface area contributed by atoms with E-state index >= 15 is 4.39 Å². The highest BCUT2D eigenvalue weighted by atomic mass is 35.5. The number of carbonyl (C=O) groups excluding carboxylic acids is 1. The predicted octanol–water partition coefficient (Wildman–Crippen LogP) is 6.45. The molecule has 10 nitrogen and oxygen atoms in total. The number of piperazine rings is 1. The Kier molecular flexibility index (Phi) is 9.05. The fourth-order valence-electron chi connectivity index (χ4n) is 6.25. The SMILES string of the molecule is [C-]#[N+]C[C@H]1CN(c2nc(OC[C@@H]3CCN(C)C3)nc3c(F)c(-c4cccc5ccc(F)c(Cl)c45)ncc23)CCN1C(=O)OC(C)(C)C. The molecule has 2 aromatic carbocycles. The molecule has 2 aliphatic rings. The van der Waals surface area contributed by atoms with Crippen LogP contribution in [0.3, 0.4) is 0 Å². The van der Waals surface area contributed by atoms with Crippen LogP contribution in [-0.4, -0.2) is 95.4 Å². The molecule has 0 unspecified atom stereocenters. The Morgan fingerprint density at radius 3 is 2.66 bits per heavy atom. The number of pyridine rings is 1. The van der Waals surface area contributed by atoms with Crippen molar-refractivity contribution in [2.75, 3.05) is 57.8 Å². The molecular weight excluding hydrogens is 628 g/mol. The largest absolute Gasteiger partial charge is 0.463 e. The van der Waals surface area contributed by atoms with Crippen LogP contribution in [0.5, 0.6) is 6.01 Å². The Balaban J connectivity index is 1.43. The highest BCUT2D eigenvalue weighted by Crippen LogP contribution is 2.38. The first-order valence-corrected chi connectivity index (χ1v) is 15.9. The molecule has 2 atom stereocenters. The third kappa shape index (κ3) is 6.73. The summed E-state index contributed by atoms with van der Waals surface area (Å²) in [7, 11) is 2.05. The first-order valence-electron chi connectivity index (χ1n) is 15.6. The second-order valence-corrected chi connectivity index (χ2v) is 13.5. The summed E-state index contributed by atoms with van der Waals surface area (Å²) in [6, 6.07) is 7.52. The highest BCUT2D eigenvalue weighted by molar-refractivity contribution is 6.36. The minimum atomic E-state index is -0.727. The van der Waals surface area contributed by atoms with Gasteiger partial charge in [0.2, 0.25) is 6.54 Å². The summed E-state index contributed by atoms with van der Waals surface area (Å²) in [6.45, 7) is 16.0. The van der Waals surface area contributed by atoms with Gasteiger partial charge >= 0.3 is 12.1 Å². The molecule has 2 aromatic heterocycles. The Labute approximate surface area is 277 Å². The van der Waals surface area contributed by atoms with Crippen LogP contribution in [0.1, 0.15) is 27.2 Å². The van der Waals surface area contributed by atoms with E-state index in [4.69, 9.17) is 32.6 Å². The molecule has 4 heterocycles. The molecule has 2 saturated heterocycles. The number of anilines is 1. The van der Waals surface area contributed by atoms with Crippen molar-refractivity contribution in [2.24, 2.45) is 5.92 Å². The van der Waals surface area contributed by atoms with E-state index in [2.05, 4.69) is 26.8 Å². The van der Waals surface area contributed by atoms with Crippen molar-refractivity contribution in [3.05, 3.63) is 64.6 Å². The molecule has 0 bridgehead atoms. The van der Waals surface area contributed by atoms with Crippen LogP contribution in [-0.2, 0) is 4.74 Å². The monoisotopic (exact) mass is 663 g/mol. The molecule has 6 rings (SSSR count). The smallest absolute Gasteiger partial charge is 0.410 e. The molecule has 0 aliphatic carbocycles. The molecule has 0 radical (unpaired) electrons. The lowest BCUT2D eigenvalue weighted by atomic mass is 10.0. The van der Waals surface area contributed by atoms with Crippen LogP contribution in [0, 0.1) is 24.1 Å². The lowest BCUT2D eigenvalue weighted by molar-refractivity contribution is 0.0155. The second-order valence-electron chi connectivity index (χ2n) is 13.1. The molecule has 13 heteroatoms. The average Bonchev–Trinajstić information content (AvgIpc) is 3.45. The van der Waals surface area contributed by atoms with Crippen molar-refractivity contribution in [2.45, 2.75) is 38.8 Å². The van der Waals surface area contributed by atoms with Crippen LogP contribution in [0.4, 0.5) is 19.4 Å². The number of nitrogens with zero attached hydrogens (tertiary/aromatic N) is 7. The number of amides is 1. The summed E-state index contributed by atoms with van der Waals surface area (Å²) in [6.07, 6.45) is 1.96. The van der Waals surface area contributed by atoms with Crippen molar-refractivity contribution in [3.8, 4) is 17.3 Å². The van der Waals surface area contributed by atoms with Crippen molar-refractivity contribution in [1.29, 1.82) is 0 Å². The molecular formula is C34H36ClF2N7O3. The number of likely N-dealkylation sites (tertiary alicyclic amines) is 1. The molecule has 2 fully saturated rings. The summed E-state index contributed by atoms with van der Waals surface area (Å²) in [5.41, 5.74) is -0.420. The molecule has 0 saturated carbocycles. The quantitative estimate of drug-likeness (QED) is 0.218. The fourth-order valence-corrected chi connectivity index (χ4v) is 6.52. The molecule has 0 spiro atoms. The van der Waals surface area contributed by atoms with Crippen molar-refractivity contribution in [3.63, 3.8) is 0 Å². The lowest BCUT2D eigenvalue weighted by Gasteiger charge is -2.40. The van der Waals surface area contributed by atoms with E-state index in [1.807, 2.05) is 4.90 Å². The number of benzene rings is 2. The summed E-state index contributed by atoms with van der Waals surface area (Å²) < 4.78 is 42.9. The van der Waals surface area contributed by atoms with Gasteiger partial charge in [-0.3, -0.25) is 9.88 Å². The van der Waals surface area contributed by atoms with Crippen molar-refractivity contribution >= 4 is 45.2 Å². The van der Waals surface area contributed by atoms with E-state index in [1.165, 1.54) is 12.3 Å². The van der Waals surface area contributed by atoms with E-state index in [0.29, 0.717) is 40.7 Å². The zero-order valence-corrected chi connectivity index (χ0v) is 27.5. The predicted molar refractivity (Wildman–Crippen MR) is 177 cm³/mol. The summed E-state index contributed by atoms with van der Waals surface area (Å²) in [4.78, 5) is 36.1. The first kappa shape index (κ1) is 32.6. The number of halogens is 3. The van der Waals surface area contributed by atoms with Gasteiger partial charge in [-0.05, 0) is 52.2 Å². The minimum Gasteiger partial charge on any atom is -0.463 e. The summed E-state index contributed by atoms with van der Waals surface area (Å²) in [5, 5.41) is 1.19. The van der Waals surface area contributed by atoms with Gasteiger partial charge in [0, 0.05) is 49.2 Å². The van der Waals surface area contributed by atoms with Crippen molar-refractivity contribution < 1.29 is 23.0 Å². The minimum absolute atomic E-state index is 0.0106. The number of hydrogen-bond acceptors (Lipinski definition) is 8. The Bertz CT molecular complexity index is 1880. The Morgan fingerprint density at radius 1 is 1.13 bits per heavy atom. The van der Waals surface area contributed by atoms with E-state index < -0.39 is 29.4 Å². The van der Waals surface area contributed by atoms with Crippen LogP contribution in [0.2, 0.25) is 5.02 Å². The standard InChI is InChI=1S/C34H36ClF2N7O3/c1-34(2,3)47-33(45)44-14-13-43(18-22(44)15-38-4)31-24-16-39-29(23-8-6-7-21-9-10-25(36)27(35)26(21)23)28(37)30(24)40-32(41-31)46-19-20-11-12-42(5)17-20/h6-10,16,20,22H,11-15,17-19H2,1-3,5H3/t20-,22+/m1/s1. The van der Waals surface area contributed by atoms with Gasteiger partial charge in [-0.25, -0.2) is 20.1 Å². The number of rotatable bonds is 6. The maximum absolute atomic E-state index is 16.7. The number of carbonyl (C=O) groups is 1. The number of hydrogen-bond donors (Lipinski definition) is 0. The third-order valence-corrected chi connectivity index (χ3v) is 8.85. The second kappa shape index (κ2) is 13.0. The lowest BCUT2D eigenvalue weighted by Crippen LogP contribution is -2.57. The van der Waals surface area contributed by atoms with Crippen molar-refractivity contribution in [1.82, 2.24) is 24.8 Å². The first-order chi connectivity index (χ1) is 22.4. The summed E-state index contributed by atoms with van der Waals surface area (Å²) >= 11 is 6.39. The van der Waals surface area contributed by atoms with Gasteiger partial charge in [-0.1, -0.05) is 35.9 Å². The van der Waals surface area contributed by atoms with Gasteiger partial charge in [0.1, 0.15) is 34.5 Å². The van der Waals surface area contributed by atoms with Gasteiger partial charge in [-0.2, -0.15) is 9.97 Å². The third-order valence-electron chi connectivity index (χ3n) is 8.48. The van der Waals surface area contributed by atoms with Crippen LogP contribution in [0.25, 0.3) is 37.8 Å². The van der Waals surface area contributed by atoms with Gasteiger partial charge in [-0.15, -0.1) is 0 Å². The van der Waals surface area contributed by atoms with Gasteiger partial charge in [0.05, 0.1) is 17.0 Å². The van der Waals surface area contributed by atoms with E-state index in [9.17, 15) is 9.18 Å². The Hall–Kier alpha value is -4.34. The summed E-state index contributed by atoms with van der Waals surface area (Å²) in [5.74, 6) is -0.694. The zero-order valence-electron chi connectivity index (χ0n) is 26.8. The van der Waals surface area contributed by atoms with Gasteiger partial charge in [0.25, 0.3) is 0 Å². The number of ether oxygens (including phenoxy) is 2. The number of fused-ring (bicyclic) bond motifs is 2. The topological polar surface area (TPSA) is 88.3 Å². The average molecular weight is 664 g/mol. The normalized spacial score (nSPS) is 18.9. The maximum atomic E-state index is 16.7. The van der Waals surface area contributed by atoms with Crippen LogP contribution in [0.15, 0.2) is 36.5 Å². The van der Waals surface area contributed by atoms with Crippen LogP contribution >= 0.6 is 11.6 Å². The fraction of sp³-hybridized carbons (Fsp3) is 0.441. The van der Waals surface area contributed by atoms with E-state index in [-0.39, 0.29) is 47.8 Å². The molecule has 47 heavy (non-hydrogen) atoms.